The molecule has 5 nitrogen and oxygen atoms in total. The van der Waals surface area contributed by atoms with E-state index in [0.29, 0.717) is 13.1 Å². The van der Waals surface area contributed by atoms with Crippen LogP contribution in [0.1, 0.15) is 0 Å². The Morgan fingerprint density at radius 3 is 2.62 bits per heavy atom. The summed E-state index contributed by atoms with van der Waals surface area (Å²) in [6.45, 7) is 0.987. The van der Waals surface area contributed by atoms with Crippen LogP contribution in [-0.2, 0) is 16.4 Å². The number of sulfone groups is 1. The second-order valence-corrected chi connectivity index (χ2v) is 4.52. The summed E-state index contributed by atoms with van der Waals surface area (Å²) in [4.78, 5) is 0.232. The molecule has 0 saturated carbocycles. The smallest absolute Gasteiger partial charge is 0.178 e. The van der Waals surface area contributed by atoms with E-state index in [0.717, 1.165) is 6.26 Å². The van der Waals surface area contributed by atoms with Crippen LogP contribution in [0.15, 0.2) is 17.3 Å². The second kappa shape index (κ2) is 4.59. The van der Waals surface area contributed by atoms with Gasteiger partial charge >= 0.3 is 0 Å². The van der Waals surface area contributed by atoms with Gasteiger partial charge in [-0.1, -0.05) is 0 Å². The second-order valence-electron chi connectivity index (χ2n) is 2.50. The van der Waals surface area contributed by atoms with Crippen LogP contribution in [0.5, 0.6) is 0 Å². The van der Waals surface area contributed by atoms with Gasteiger partial charge in [0, 0.05) is 19.0 Å². The van der Waals surface area contributed by atoms with E-state index < -0.39 is 9.84 Å². The first-order valence-corrected chi connectivity index (χ1v) is 5.36. The molecule has 1 heterocycles. The predicted octanol–water partition coefficient (Wildman–Crippen LogP) is -0.333. The van der Waals surface area contributed by atoms with Crippen molar-refractivity contribution in [2.45, 2.75) is 11.4 Å². The zero-order chi connectivity index (χ0) is 9.19. The summed E-state index contributed by atoms with van der Waals surface area (Å²) in [6, 6.07) is 0. The van der Waals surface area contributed by atoms with E-state index in [-0.39, 0.29) is 17.3 Å². The van der Waals surface area contributed by atoms with E-state index in [2.05, 4.69) is 5.10 Å². The third-order valence-corrected chi connectivity index (χ3v) is 2.46. The molecule has 0 aliphatic carbocycles. The molecule has 0 bridgehead atoms. The predicted molar refractivity (Wildman–Crippen MR) is 51.6 cm³/mol. The Kier molecular flexibility index (Phi) is 4.38. The van der Waals surface area contributed by atoms with Crippen LogP contribution in [0.2, 0.25) is 0 Å². The van der Waals surface area contributed by atoms with Crippen molar-refractivity contribution in [2.24, 2.45) is 5.73 Å². The molecule has 1 aromatic rings. The lowest BCUT2D eigenvalue weighted by atomic mass is 10.6. The Hall–Kier alpha value is -0.590. The number of hydrogen-bond acceptors (Lipinski definition) is 4. The fraction of sp³-hybridized carbons (Fsp3) is 0.500. The van der Waals surface area contributed by atoms with Gasteiger partial charge in [-0.3, -0.25) is 4.68 Å². The third-order valence-electron chi connectivity index (χ3n) is 1.40. The summed E-state index contributed by atoms with van der Waals surface area (Å²) >= 11 is 0. The van der Waals surface area contributed by atoms with Crippen molar-refractivity contribution in [2.75, 3.05) is 12.8 Å². The first-order valence-electron chi connectivity index (χ1n) is 3.46. The number of nitrogens with two attached hydrogens (primary N) is 1. The van der Waals surface area contributed by atoms with E-state index in [9.17, 15) is 8.42 Å². The molecule has 0 radical (unpaired) electrons. The molecule has 13 heavy (non-hydrogen) atoms. The van der Waals surface area contributed by atoms with Crippen LogP contribution in [0.3, 0.4) is 0 Å². The van der Waals surface area contributed by atoms with Gasteiger partial charge < -0.3 is 5.73 Å². The molecule has 0 unspecified atom stereocenters. The van der Waals surface area contributed by atoms with Crippen molar-refractivity contribution >= 4 is 22.2 Å². The highest BCUT2D eigenvalue weighted by Crippen LogP contribution is 2.05. The largest absolute Gasteiger partial charge is 0.329 e. The van der Waals surface area contributed by atoms with Gasteiger partial charge in [-0.15, -0.1) is 12.4 Å². The van der Waals surface area contributed by atoms with Gasteiger partial charge in [0.15, 0.2) is 9.84 Å². The number of hydrogen-bond donors (Lipinski definition) is 1. The minimum atomic E-state index is -3.12. The molecule has 1 rings (SSSR count). The average molecular weight is 226 g/mol. The summed E-state index contributed by atoms with van der Waals surface area (Å²) < 4.78 is 23.4. The topological polar surface area (TPSA) is 78.0 Å². The summed E-state index contributed by atoms with van der Waals surface area (Å²) in [5, 5.41) is 3.83. The van der Waals surface area contributed by atoms with Crippen molar-refractivity contribution in [1.82, 2.24) is 9.78 Å². The van der Waals surface area contributed by atoms with Crippen LogP contribution in [-0.4, -0.2) is 31.0 Å². The molecule has 0 aromatic carbocycles. The van der Waals surface area contributed by atoms with Gasteiger partial charge in [-0.25, -0.2) is 8.42 Å². The Labute approximate surface area is 83.3 Å². The summed E-state index contributed by atoms with van der Waals surface area (Å²) in [7, 11) is -3.12. The normalized spacial score (nSPS) is 10.9. The Morgan fingerprint density at radius 1 is 1.62 bits per heavy atom. The molecule has 7 heteroatoms. The zero-order valence-corrected chi connectivity index (χ0v) is 8.81. The zero-order valence-electron chi connectivity index (χ0n) is 7.17. The number of nitrogens with zero attached hydrogens (tertiary/aromatic N) is 2. The minimum Gasteiger partial charge on any atom is -0.329 e. The van der Waals surface area contributed by atoms with Gasteiger partial charge in [0.1, 0.15) is 4.90 Å². The fourth-order valence-electron chi connectivity index (χ4n) is 0.791. The molecule has 76 valence electrons. The number of aromatic nitrogens is 2. The molecule has 2 N–H and O–H groups in total. The van der Waals surface area contributed by atoms with Crippen LogP contribution in [0, 0.1) is 0 Å². The molecule has 0 spiro atoms. The lowest BCUT2D eigenvalue weighted by molar-refractivity contribution is 0.600. The van der Waals surface area contributed by atoms with E-state index in [1.807, 2.05) is 0 Å². The molecular formula is C6H12ClN3O2S. The Morgan fingerprint density at radius 2 is 2.23 bits per heavy atom. The van der Waals surface area contributed by atoms with E-state index >= 15 is 0 Å². The lowest BCUT2D eigenvalue weighted by Gasteiger charge is -1.94. The molecule has 0 amide bonds. The van der Waals surface area contributed by atoms with Crippen molar-refractivity contribution in [1.29, 1.82) is 0 Å². The van der Waals surface area contributed by atoms with Gasteiger partial charge in [-0.05, 0) is 0 Å². The minimum absolute atomic E-state index is 0. The quantitative estimate of drug-likeness (QED) is 0.764. The standard InChI is InChI=1S/C6H11N3O2S.ClH/c1-12(10,11)6-4-8-9(5-6)3-2-7;/h4-5H,2-3,7H2,1H3;1H. The SMILES string of the molecule is CS(=O)(=O)c1cnn(CCN)c1.Cl. The molecule has 0 saturated heterocycles. The van der Waals surface area contributed by atoms with Crippen molar-refractivity contribution in [3.8, 4) is 0 Å². The summed E-state index contributed by atoms with van der Waals surface area (Å²) in [6.07, 6.45) is 3.95. The van der Waals surface area contributed by atoms with Crippen molar-refractivity contribution in [3.63, 3.8) is 0 Å². The average Bonchev–Trinajstić information content (AvgIpc) is 2.35. The number of halogens is 1. The highest BCUT2D eigenvalue weighted by molar-refractivity contribution is 7.90. The first kappa shape index (κ1) is 12.4. The molecule has 0 atom stereocenters. The third kappa shape index (κ3) is 3.33. The molecule has 0 fully saturated rings. The lowest BCUT2D eigenvalue weighted by Crippen LogP contribution is -2.09. The van der Waals surface area contributed by atoms with Gasteiger partial charge in [0.25, 0.3) is 0 Å². The van der Waals surface area contributed by atoms with Gasteiger partial charge in [-0.2, -0.15) is 5.10 Å². The van der Waals surface area contributed by atoms with E-state index in [4.69, 9.17) is 5.73 Å². The molecular weight excluding hydrogens is 214 g/mol. The Bertz CT molecular complexity index is 360. The first-order chi connectivity index (χ1) is 5.54. The van der Waals surface area contributed by atoms with E-state index in [1.54, 1.807) is 0 Å². The molecule has 0 aliphatic heterocycles. The van der Waals surface area contributed by atoms with Crippen LogP contribution >= 0.6 is 12.4 Å². The fourth-order valence-corrected chi connectivity index (χ4v) is 1.34. The summed E-state index contributed by atoms with van der Waals surface area (Å²) in [5.74, 6) is 0. The maximum atomic E-state index is 11.0. The van der Waals surface area contributed by atoms with Gasteiger partial charge in [0.05, 0.1) is 12.7 Å². The maximum Gasteiger partial charge on any atom is 0.178 e. The number of rotatable bonds is 3. The Balaban J connectivity index is 0.00000144. The van der Waals surface area contributed by atoms with Crippen molar-refractivity contribution in [3.05, 3.63) is 12.4 Å². The van der Waals surface area contributed by atoms with Crippen LogP contribution in [0.4, 0.5) is 0 Å². The van der Waals surface area contributed by atoms with Gasteiger partial charge in [0.2, 0.25) is 0 Å². The summed E-state index contributed by atoms with van der Waals surface area (Å²) in [5.41, 5.74) is 5.27. The molecule has 0 aliphatic rings. The molecule has 1 aromatic heterocycles. The maximum absolute atomic E-state index is 11.0. The van der Waals surface area contributed by atoms with E-state index in [1.165, 1.54) is 17.1 Å². The highest BCUT2D eigenvalue weighted by Gasteiger charge is 2.08. The highest BCUT2D eigenvalue weighted by atomic mass is 35.5. The van der Waals surface area contributed by atoms with Crippen molar-refractivity contribution < 1.29 is 8.42 Å². The monoisotopic (exact) mass is 225 g/mol. The van der Waals surface area contributed by atoms with Crippen LogP contribution < -0.4 is 5.73 Å². The van der Waals surface area contributed by atoms with Crippen LogP contribution in [0.25, 0.3) is 0 Å².